The molecule has 10 aromatic rings. The molecule has 0 bridgehead atoms. The number of pyridine rings is 1. The molecule has 5 nitrogen and oxygen atoms in total. The van der Waals surface area contributed by atoms with Gasteiger partial charge in [0.25, 0.3) is 0 Å². The third kappa shape index (κ3) is 4.33. The average molecular weight is 628 g/mol. The largest absolute Gasteiger partial charge is 0.316 e. The highest BCUT2D eigenvalue weighted by Crippen LogP contribution is 2.38. The fourth-order valence-electron chi connectivity index (χ4n) is 7.34. The Bertz CT molecular complexity index is 2800. The SMILES string of the molecule is c1ccc(-c2ccccc2-c2cccn3nc(-c4ccc(-n5c6ccccc6c6ccc7c(ccn7-c7ccccc7)c65)cc4)nc23)cc1. The molecule has 0 N–H and O–H groups in total. The van der Waals surface area contributed by atoms with Crippen molar-refractivity contribution >= 4 is 38.4 Å². The molecule has 4 heterocycles. The number of hydrogen-bond acceptors (Lipinski definition) is 2. The summed E-state index contributed by atoms with van der Waals surface area (Å²) in [6.07, 6.45) is 4.14. The lowest BCUT2D eigenvalue weighted by Crippen LogP contribution is -1.95. The first-order valence-electron chi connectivity index (χ1n) is 16.5. The van der Waals surface area contributed by atoms with Gasteiger partial charge in [-0.3, -0.25) is 0 Å². The summed E-state index contributed by atoms with van der Waals surface area (Å²) < 4.78 is 6.55. The molecule has 5 heteroatoms. The Morgan fingerprint density at radius 1 is 0.408 bits per heavy atom. The van der Waals surface area contributed by atoms with Crippen LogP contribution in [0.25, 0.3) is 83.4 Å². The van der Waals surface area contributed by atoms with Gasteiger partial charge in [-0.1, -0.05) is 97.1 Å². The molecule has 0 saturated carbocycles. The first-order chi connectivity index (χ1) is 24.3. The zero-order chi connectivity index (χ0) is 32.3. The molecule has 0 aliphatic heterocycles. The van der Waals surface area contributed by atoms with Gasteiger partial charge in [0.2, 0.25) is 0 Å². The summed E-state index contributed by atoms with van der Waals surface area (Å²) in [4.78, 5) is 5.10. The van der Waals surface area contributed by atoms with E-state index in [1.165, 1.54) is 43.8 Å². The van der Waals surface area contributed by atoms with Crippen LogP contribution >= 0.6 is 0 Å². The molecule has 0 radical (unpaired) electrons. The predicted molar refractivity (Wildman–Crippen MR) is 200 cm³/mol. The standard InChI is InChI=1S/C44H29N5/c1-3-12-30(13-4-1)34-16-7-8-17-35(34)38-19-11-28-48-44(38)45-43(46-48)31-21-23-33(24-22-31)49-41-20-10-9-18-36(41)37-25-26-40-39(42(37)49)27-29-47(40)32-14-5-2-6-15-32/h1-29H. The van der Waals surface area contributed by atoms with Crippen molar-refractivity contribution in [2.24, 2.45) is 0 Å². The van der Waals surface area contributed by atoms with Crippen molar-refractivity contribution in [3.05, 3.63) is 176 Å². The summed E-state index contributed by atoms with van der Waals surface area (Å²) in [5, 5.41) is 8.62. The minimum Gasteiger partial charge on any atom is -0.316 e. The van der Waals surface area contributed by atoms with Gasteiger partial charge in [0.05, 0.1) is 16.6 Å². The Balaban J connectivity index is 1.10. The van der Waals surface area contributed by atoms with Crippen LogP contribution < -0.4 is 0 Å². The predicted octanol–water partition coefficient (Wildman–Crippen LogP) is 10.8. The van der Waals surface area contributed by atoms with E-state index in [1.54, 1.807) is 0 Å². The lowest BCUT2D eigenvalue weighted by atomic mass is 9.95. The molecule has 0 saturated heterocycles. The summed E-state index contributed by atoms with van der Waals surface area (Å²) in [5.74, 6) is 0.695. The topological polar surface area (TPSA) is 40.0 Å². The lowest BCUT2D eigenvalue weighted by molar-refractivity contribution is 0.966. The minimum atomic E-state index is 0.695. The van der Waals surface area contributed by atoms with Gasteiger partial charge in [0.15, 0.2) is 11.5 Å². The Hall–Kier alpha value is -6.72. The van der Waals surface area contributed by atoms with Crippen LogP contribution in [0.2, 0.25) is 0 Å². The van der Waals surface area contributed by atoms with Crippen molar-refractivity contribution < 1.29 is 0 Å². The van der Waals surface area contributed by atoms with Gasteiger partial charge < -0.3 is 9.13 Å². The van der Waals surface area contributed by atoms with Gasteiger partial charge in [0, 0.05) is 51.1 Å². The van der Waals surface area contributed by atoms with Gasteiger partial charge in [-0.2, -0.15) is 0 Å². The summed E-state index contributed by atoms with van der Waals surface area (Å²) in [6, 6.07) is 57.8. The fourth-order valence-corrected chi connectivity index (χ4v) is 7.34. The molecule has 10 rings (SSSR count). The number of benzene rings is 6. The molecule has 0 unspecified atom stereocenters. The Morgan fingerprint density at radius 2 is 1.12 bits per heavy atom. The van der Waals surface area contributed by atoms with Gasteiger partial charge in [-0.05, 0) is 83.4 Å². The van der Waals surface area contributed by atoms with E-state index in [9.17, 15) is 0 Å². The number of fused-ring (bicyclic) bond motifs is 6. The van der Waals surface area contributed by atoms with Gasteiger partial charge >= 0.3 is 0 Å². The number of rotatable bonds is 5. The van der Waals surface area contributed by atoms with E-state index in [0.717, 1.165) is 33.7 Å². The molecule has 0 fully saturated rings. The quantitative estimate of drug-likeness (QED) is 0.190. The first kappa shape index (κ1) is 27.4. The highest BCUT2D eigenvalue weighted by Gasteiger charge is 2.18. The lowest BCUT2D eigenvalue weighted by Gasteiger charge is -2.10. The van der Waals surface area contributed by atoms with Crippen LogP contribution in [0.5, 0.6) is 0 Å². The van der Waals surface area contributed by atoms with Crippen LogP contribution in [-0.4, -0.2) is 23.7 Å². The number of nitrogens with zero attached hydrogens (tertiary/aromatic N) is 5. The number of para-hydroxylation sites is 2. The maximum atomic E-state index is 5.10. The highest BCUT2D eigenvalue weighted by atomic mass is 15.3. The minimum absolute atomic E-state index is 0.695. The summed E-state index contributed by atoms with van der Waals surface area (Å²) >= 11 is 0. The van der Waals surface area contributed by atoms with Gasteiger partial charge in [-0.25, -0.2) is 9.50 Å². The third-order valence-corrected chi connectivity index (χ3v) is 9.59. The monoisotopic (exact) mass is 627 g/mol. The second kappa shape index (κ2) is 10.9. The Kier molecular flexibility index (Phi) is 6.11. The van der Waals surface area contributed by atoms with Gasteiger partial charge in [-0.15, -0.1) is 5.10 Å². The molecular weight excluding hydrogens is 599 g/mol. The van der Waals surface area contributed by atoms with E-state index in [1.807, 2.05) is 22.8 Å². The van der Waals surface area contributed by atoms with E-state index in [-0.39, 0.29) is 0 Å². The van der Waals surface area contributed by atoms with Crippen LogP contribution in [0.3, 0.4) is 0 Å². The summed E-state index contributed by atoms with van der Waals surface area (Å²) in [7, 11) is 0. The van der Waals surface area contributed by atoms with E-state index >= 15 is 0 Å². The molecule has 49 heavy (non-hydrogen) atoms. The number of aromatic nitrogens is 5. The number of hydrogen-bond donors (Lipinski definition) is 0. The van der Waals surface area contributed by atoms with Crippen molar-refractivity contribution in [3.8, 4) is 45.0 Å². The van der Waals surface area contributed by atoms with E-state index in [2.05, 4.69) is 167 Å². The van der Waals surface area contributed by atoms with Crippen LogP contribution in [0.15, 0.2) is 176 Å². The van der Waals surface area contributed by atoms with Crippen molar-refractivity contribution in [1.82, 2.24) is 23.7 Å². The normalized spacial score (nSPS) is 11.7. The summed E-state index contributed by atoms with van der Waals surface area (Å²) in [6.45, 7) is 0. The first-order valence-corrected chi connectivity index (χ1v) is 16.5. The van der Waals surface area contributed by atoms with Crippen molar-refractivity contribution in [2.75, 3.05) is 0 Å². The van der Waals surface area contributed by atoms with E-state index in [4.69, 9.17) is 10.1 Å². The van der Waals surface area contributed by atoms with Crippen LogP contribution in [0.4, 0.5) is 0 Å². The smallest absolute Gasteiger partial charge is 0.182 e. The van der Waals surface area contributed by atoms with Crippen LogP contribution in [-0.2, 0) is 0 Å². The molecule has 0 spiro atoms. The maximum Gasteiger partial charge on any atom is 0.182 e. The van der Waals surface area contributed by atoms with Crippen LogP contribution in [0.1, 0.15) is 0 Å². The Morgan fingerprint density at radius 3 is 1.96 bits per heavy atom. The summed E-state index contributed by atoms with van der Waals surface area (Å²) in [5.41, 5.74) is 12.1. The average Bonchev–Trinajstić information content (AvgIpc) is 3.90. The Labute approximate surface area is 282 Å². The molecule has 6 aromatic carbocycles. The maximum absolute atomic E-state index is 5.10. The van der Waals surface area contributed by atoms with Gasteiger partial charge in [0.1, 0.15) is 0 Å². The van der Waals surface area contributed by atoms with E-state index in [0.29, 0.717) is 5.82 Å². The third-order valence-electron chi connectivity index (χ3n) is 9.59. The molecule has 0 amide bonds. The second-order valence-corrected chi connectivity index (χ2v) is 12.4. The van der Waals surface area contributed by atoms with Crippen molar-refractivity contribution in [1.29, 1.82) is 0 Å². The molecule has 0 aliphatic rings. The van der Waals surface area contributed by atoms with E-state index < -0.39 is 0 Å². The molecule has 0 atom stereocenters. The second-order valence-electron chi connectivity index (χ2n) is 12.4. The molecule has 0 aliphatic carbocycles. The zero-order valence-corrected chi connectivity index (χ0v) is 26.5. The van der Waals surface area contributed by atoms with Crippen molar-refractivity contribution in [3.63, 3.8) is 0 Å². The van der Waals surface area contributed by atoms with Crippen molar-refractivity contribution in [2.45, 2.75) is 0 Å². The zero-order valence-electron chi connectivity index (χ0n) is 26.5. The fraction of sp³-hybridized carbons (Fsp3) is 0. The molecule has 4 aromatic heterocycles. The molecule has 230 valence electrons. The van der Waals surface area contributed by atoms with Crippen LogP contribution in [0, 0.1) is 0 Å². The molecular formula is C44H29N5. The highest BCUT2D eigenvalue weighted by molar-refractivity contribution is 6.18.